The van der Waals surface area contributed by atoms with E-state index < -0.39 is 150 Å². The number of benzene rings is 6. The maximum Gasteiger partial charge on any atom is 0.410 e. The molecule has 0 aliphatic carbocycles. The molecular weight excluding hydrogens is 979 g/mol. The second-order valence-electron chi connectivity index (χ2n) is 14.5. The average molecular weight is 998 g/mol. The number of esters is 1. The van der Waals surface area contributed by atoms with Crippen molar-refractivity contribution in [2.75, 3.05) is 0 Å². The van der Waals surface area contributed by atoms with Gasteiger partial charge >= 0.3 is 11.7 Å². The minimum Gasteiger partial charge on any atom is -0.418 e. The van der Waals surface area contributed by atoms with Crippen LogP contribution in [-0.4, -0.2) is 17.1 Å². The molecule has 7 rings (SSSR count). The third-order valence-corrected chi connectivity index (χ3v) is 10.5. The molecule has 0 radical (unpaired) electrons. The van der Waals surface area contributed by atoms with Gasteiger partial charge in [0.15, 0.2) is 82.5 Å². The number of hydrogen-bond acceptors (Lipinski definition) is 3. The van der Waals surface area contributed by atoms with Gasteiger partial charge in [-0.1, -0.05) is 42.5 Å². The van der Waals surface area contributed by atoms with E-state index in [1.165, 1.54) is 6.20 Å². The molecule has 1 aromatic heterocycles. The summed E-state index contributed by atoms with van der Waals surface area (Å²) in [5.74, 6) is -71.2. The predicted octanol–water partition coefficient (Wildman–Crippen LogP) is 9.10. The molecule has 7 aromatic rings. The highest BCUT2D eigenvalue weighted by Gasteiger charge is 2.52. The van der Waals surface area contributed by atoms with Crippen LogP contribution in [0.3, 0.4) is 0 Å². The summed E-state index contributed by atoms with van der Waals surface area (Å²) in [5, 5.41) is 0. The Morgan fingerprint density at radius 2 is 0.812 bits per heavy atom. The highest BCUT2D eigenvalue weighted by Crippen LogP contribution is 2.31. The second-order valence-corrected chi connectivity index (χ2v) is 14.5. The number of carbonyl (C=O) groups is 1. The van der Waals surface area contributed by atoms with E-state index in [0.717, 1.165) is 16.7 Å². The van der Waals surface area contributed by atoms with Crippen LogP contribution in [0.1, 0.15) is 27.2 Å². The van der Waals surface area contributed by atoms with Crippen LogP contribution in [0.4, 0.5) is 87.8 Å². The van der Waals surface area contributed by atoms with Gasteiger partial charge < -0.3 is 4.74 Å². The van der Waals surface area contributed by atoms with Gasteiger partial charge in [0, 0.05) is 5.56 Å². The third kappa shape index (κ3) is 8.46. The van der Waals surface area contributed by atoms with Crippen molar-refractivity contribution in [3.8, 4) is 5.75 Å². The Bertz CT molecular complexity index is 2850. The zero-order valence-corrected chi connectivity index (χ0v) is 33.9. The molecule has 0 atom stereocenters. The predicted molar refractivity (Wildman–Crippen MR) is 200 cm³/mol. The Labute approximate surface area is 372 Å². The Balaban J connectivity index is 0.000000273. The lowest BCUT2D eigenvalue weighted by Crippen LogP contribution is -2.81. The summed E-state index contributed by atoms with van der Waals surface area (Å²) in [6.07, 6.45) is -2.23. The molecule has 0 N–H and O–H groups in total. The molecule has 4 nitrogen and oxygen atoms in total. The van der Waals surface area contributed by atoms with E-state index in [1.807, 2.05) is 66.9 Å². The Morgan fingerprint density at radius 1 is 0.478 bits per heavy atom. The highest BCUT2D eigenvalue weighted by atomic mass is 19.2. The zero-order chi connectivity index (χ0) is 51.3. The molecule has 0 amide bonds. The fraction of sp³-hybridized carbons (Fsp3) is 0.0682. The van der Waals surface area contributed by atoms with Crippen molar-refractivity contribution in [1.82, 2.24) is 4.98 Å². The van der Waals surface area contributed by atoms with Gasteiger partial charge in [-0.15, -0.1) is 21.9 Å². The highest BCUT2D eigenvalue weighted by molar-refractivity contribution is 7.20. The third-order valence-electron chi connectivity index (χ3n) is 10.5. The van der Waals surface area contributed by atoms with Gasteiger partial charge in [-0.3, -0.25) is 4.98 Å². The maximum absolute atomic E-state index is 15.4. The van der Waals surface area contributed by atoms with Crippen LogP contribution in [0.15, 0.2) is 67.1 Å². The van der Waals surface area contributed by atoms with Crippen LogP contribution < -0.4 is 31.2 Å². The maximum atomic E-state index is 15.4. The molecule has 6 aromatic carbocycles. The molecule has 0 aliphatic heterocycles. The normalized spacial score (nSPS) is 11.4. The lowest BCUT2D eigenvalue weighted by Gasteiger charge is -2.44. The summed E-state index contributed by atoms with van der Waals surface area (Å²) < 4.78 is 301. The summed E-state index contributed by atoms with van der Waals surface area (Å²) in [7, 11) is 0. The topological polar surface area (TPSA) is 43.1 Å². The first kappa shape index (κ1) is 50.9. The monoisotopic (exact) mass is 998 g/mol. The molecular formula is C44H19BF20N2O2. The SMILES string of the molecule is Cc1ccc(C)c(OC(=O)c2cncc[n+]2Cc2ccccc2)c1.Fc1c(F)c(F)c([B-](c2c(F)c(F)c(F)c(F)c2F)(c2c(F)c(F)c(F)c(F)c2F)c2c(F)c(F)c(F)c(F)c2F)c(F)c1F. The number of carbonyl (C=O) groups excluding carboxylic acids is 1. The number of halogens is 20. The fourth-order valence-electron chi connectivity index (χ4n) is 7.32. The number of rotatable bonds is 8. The van der Waals surface area contributed by atoms with Crippen LogP contribution in [0.25, 0.3) is 0 Å². The molecule has 0 saturated heterocycles. The van der Waals surface area contributed by atoms with E-state index >= 15 is 35.1 Å². The Morgan fingerprint density at radius 3 is 1.16 bits per heavy atom. The van der Waals surface area contributed by atoms with Crippen LogP contribution in [0.2, 0.25) is 0 Å². The molecule has 0 aliphatic rings. The van der Waals surface area contributed by atoms with Crippen LogP contribution in [0.5, 0.6) is 5.75 Å². The lowest BCUT2D eigenvalue weighted by molar-refractivity contribution is -0.691. The van der Waals surface area contributed by atoms with Crippen LogP contribution >= 0.6 is 0 Å². The van der Waals surface area contributed by atoms with E-state index in [9.17, 15) is 57.5 Å². The average Bonchev–Trinajstić information content (AvgIpc) is 3.33. The van der Waals surface area contributed by atoms with Crippen LogP contribution in [-0.2, 0) is 6.54 Å². The summed E-state index contributed by atoms with van der Waals surface area (Å²) in [6.45, 7) is 4.47. The van der Waals surface area contributed by atoms with E-state index in [0.29, 0.717) is 18.0 Å². The Kier molecular flexibility index (Phi) is 14.2. The van der Waals surface area contributed by atoms with Crippen molar-refractivity contribution in [3.05, 3.63) is 206 Å². The molecule has 0 fully saturated rings. The van der Waals surface area contributed by atoms with Crippen molar-refractivity contribution in [2.45, 2.75) is 20.4 Å². The van der Waals surface area contributed by atoms with Gasteiger partial charge in [-0.05, 0) is 31.0 Å². The van der Waals surface area contributed by atoms with Crippen molar-refractivity contribution >= 4 is 34.0 Å². The quantitative estimate of drug-likeness (QED) is 0.0291. The van der Waals surface area contributed by atoms with E-state index in [2.05, 4.69) is 4.98 Å². The van der Waals surface area contributed by atoms with Crippen molar-refractivity contribution in [1.29, 1.82) is 0 Å². The van der Waals surface area contributed by atoms with Crippen molar-refractivity contribution < 1.29 is 102 Å². The summed E-state index contributed by atoms with van der Waals surface area (Å²) >= 11 is 0. The zero-order valence-electron chi connectivity index (χ0n) is 33.9. The van der Waals surface area contributed by atoms with Crippen molar-refractivity contribution in [2.24, 2.45) is 0 Å². The van der Waals surface area contributed by atoms with Gasteiger partial charge in [-0.2, -0.15) is 4.57 Å². The van der Waals surface area contributed by atoms with E-state index in [1.54, 1.807) is 12.4 Å². The lowest BCUT2D eigenvalue weighted by atomic mass is 9.12. The fourth-order valence-corrected chi connectivity index (χ4v) is 7.32. The molecule has 1 heterocycles. The molecule has 360 valence electrons. The van der Waals surface area contributed by atoms with Crippen molar-refractivity contribution in [3.63, 3.8) is 0 Å². The second kappa shape index (κ2) is 19.3. The molecule has 0 bridgehead atoms. The summed E-state index contributed by atoms with van der Waals surface area (Å²) in [6, 6.07) is 15.8. The first-order chi connectivity index (χ1) is 32.3. The molecule has 0 unspecified atom stereocenters. The minimum atomic E-state index is -7.22. The first-order valence-corrected chi connectivity index (χ1v) is 18.7. The van der Waals surface area contributed by atoms with Gasteiger partial charge in [0.2, 0.25) is 0 Å². The number of aromatic nitrogens is 2. The van der Waals surface area contributed by atoms with Gasteiger partial charge in [0.1, 0.15) is 64.6 Å². The first-order valence-electron chi connectivity index (χ1n) is 18.7. The molecule has 69 heavy (non-hydrogen) atoms. The van der Waals surface area contributed by atoms with E-state index in [4.69, 9.17) is 4.74 Å². The number of ether oxygens (including phenoxy) is 1. The number of aryl methyl sites for hydroxylation is 2. The van der Waals surface area contributed by atoms with E-state index in [-0.39, 0.29) is 0 Å². The van der Waals surface area contributed by atoms with Gasteiger partial charge in [0.05, 0.1) is 6.20 Å². The largest absolute Gasteiger partial charge is 0.418 e. The van der Waals surface area contributed by atoms with Gasteiger partial charge in [-0.25, -0.2) is 92.6 Å². The summed E-state index contributed by atoms with van der Waals surface area (Å²) in [5.41, 5.74) is -10.8. The minimum absolute atomic E-state index is 0.410. The number of nitrogens with zero attached hydrogens (tertiary/aromatic N) is 2. The summed E-state index contributed by atoms with van der Waals surface area (Å²) in [4.78, 5) is 16.7. The Hall–Kier alpha value is -7.47. The molecule has 0 saturated carbocycles. The van der Waals surface area contributed by atoms with Crippen LogP contribution in [0, 0.1) is 130 Å². The van der Waals surface area contributed by atoms with Gasteiger partial charge in [0.25, 0.3) is 0 Å². The smallest absolute Gasteiger partial charge is 0.410 e. The number of hydrogen-bond donors (Lipinski definition) is 0. The molecule has 25 heteroatoms. The molecule has 0 spiro atoms. The standard InChI is InChI=1S/C24BF20.C20H19N2O2/c26-5-1(6(27)14(35)21(42)13(5)34)25(2-7(28)15(36)22(43)16(37)8(2)29,3-9(30)17(38)23(44)18(39)10(3)31)4-11(32)19(40)24(45)20(41)12(4)33;1-15-8-9-16(2)19(12-15)24-20(23)18-13-21-10-11-22(18)14-17-6-4-3-5-7-17/h;3-13H,14H2,1-2H3/q-1;+1.